The summed E-state index contributed by atoms with van der Waals surface area (Å²) in [5.74, 6) is 0.749. The first-order valence-electron chi connectivity index (χ1n) is 6.81. The Morgan fingerprint density at radius 2 is 2.37 bits per heavy atom. The van der Waals surface area contributed by atoms with Crippen LogP contribution >= 0.6 is 0 Å². The number of aliphatic hydroxyl groups excluding tert-OH is 1. The molecule has 0 bridgehead atoms. The quantitative estimate of drug-likeness (QED) is 0.792. The first kappa shape index (κ1) is 13.9. The van der Waals surface area contributed by atoms with Crippen molar-refractivity contribution in [1.29, 1.82) is 5.26 Å². The van der Waals surface area contributed by atoms with Gasteiger partial charge in [0.25, 0.3) is 0 Å². The van der Waals surface area contributed by atoms with E-state index in [9.17, 15) is 5.11 Å². The molecule has 1 saturated heterocycles. The van der Waals surface area contributed by atoms with Gasteiger partial charge in [-0.2, -0.15) is 5.26 Å². The highest BCUT2D eigenvalue weighted by molar-refractivity contribution is 5.36. The van der Waals surface area contributed by atoms with Gasteiger partial charge in [0.2, 0.25) is 0 Å². The van der Waals surface area contributed by atoms with Crippen LogP contribution in [-0.2, 0) is 0 Å². The fourth-order valence-electron chi connectivity index (χ4n) is 2.51. The lowest BCUT2D eigenvalue weighted by Crippen LogP contribution is -2.33. The zero-order valence-electron chi connectivity index (χ0n) is 11.1. The molecule has 1 N–H and O–H groups in total. The molecule has 0 saturated carbocycles. The second kappa shape index (κ2) is 7.13. The first-order valence-corrected chi connectivity index (χ1v) is 6.81. The summed E-state index contributed by atoms with van der Waals surface area (Å²) in [6.45, 7) is 2.94. The summed E-state index contributed by atoms with van der Waals surface area (Å²) in [6, 6.07) is 9.66. The van der Waals surface area contributed by atoms with Crippen LogP contribution in [0.15, 0.2) is 24.3 Å². The predicted molar refractivity (Wildman–Crippen MR) is 72.9 cm³/mol. The molecule has 0 radical (unpaired) electrons. The Labute approximate surface area is 114 Å². The molecular formula is C15H20N2O2. The van der Waals surface area contributed by atoms with E-state index in [1.165, 1.54) is 6.42 Å². The van der Waals surface area contributed by atoms with Gasteiger partial charge in [0.05, 0.1) is 24.8 Å². The van der Waals surface area contributed by atoms with Gasteiger partial charge in [0.15, 0.2) is 0 Å². The van der Waals surface area contributed by atoms with Gasteiger partial charge in [-0.3, -0.25) is 4.90 Å². The van der Waals surface area contributed by atoms with Crippen LogP contribution < -0.4 is 4.74 Å². The Morgan fingerprint density at radius 3 is 3.16 bits per heavy atom. The van der Waals surface area contributed by atoms with Crippen molar-refractivity contribution in [2.45, 2.75) is 25.3 Å². The Hall–Kier alpha value is -1.57. The van der Waals surface area contributed by atoms with E-state index in [4.69, 9.17) is 10.00 Å². The minimum Gasteiger partial charge on any atom is -0.494 e. The molecule has 1 heterocycles. The van der Waals surface area contributed by atoms with Crippen LogP contribution in [0.1, 0.15) is 24.8 Å². The average Bonchev–Trinajstić information content (AvgIpc) is 2.91. The minimum atomic E-state index is 0.255. The standard InChI is InChI=1S/C15H20N2O2/c16-11-13-4-1-6-15(10-13)19-9-3-8-17-7-2-5-14(17)12-18/h1,4,6,10,14,18H,2-3,5,7-9,12H2. The van der Waals surface area contributed by atoms with Crippen molar-refractivity contribution in [2.24, 2.45) is 0 Å². The third-order valence-corrected chi connectivity index (χ3v) is 3.53. The summed E-state index contributed by atoms with van der Waals surface area (Å²) < 4.78 is 5.64. The van der Waals surface area contributed by atoms with Gasteiger partial charge < -0.3 is 9.84 Å². The van der Waals surface area contributed by atoms with Crippen molar-refractivity contribution in [2.75, 3.05) is 26.3 Å². The topological polar surface area (TPSA) is 56.5 Å². The van der Waals surface area contributed by atoms with Gasteiger partial charge >= 0.3 is 0 Å². The fourth-order valence-corrected chi connectivity index (χ4v) is 2.51. The SMILES string of the molecule is N#Cc1cccc(OCCCN2CCCC2CO)c1. The van der Waals surface area contributed by atoms with E-state index in [1.54, 1.807) is 12.1 Å². The molecule has 0 aromatic heterocycles. The number of likely N-dealkylation sites (tertiary alicyclic amines) is 1. The van der Waals surface area contributed by atoms with Crippen LogP contribution in [0.25, 0.3) is 0 Å². The smallest absolute Gasteiger partial charge is 0.120 e. The summed E-state index contributed by atoms with van der Waals surface area (Å²) in [7, 11) is 0. The summed E-state index contributed by atoms with van der Waals surface area (Å²) in [4.78, 5) is 2.33. The van der Waals surface area contributed by atoms with Crippen LogP contribution in [0, 0.1) is 11.3 Å². The molecule has 2 rings (SSSR count). The summed E-state index contributed by atoms with van der Waals surface area (Å²) in [6.07, 6.45) is 3.21. The summed E-state index contributed by atoms with van der Waals surface area (Å²) >= 11 is 0. The third kappa shape index (κ3) is 3.95. The van der Waals surface area contributed by atoms with Crippen molar-refractivity contribution >= 4 is 0 Å². The van der Waals surface area contributed by atoms with Gasteiger partial charge in [-0.1, -0.05) is 6.07 Å². The molecule has 1 atom stereocenters. The van der Waals surface area contributed by atoms with Crippen LogP contribution in [0.4, 0.5) is 0 Å². The largest absolute Gasteiger partial charge is 0.494 e. The number of hydrogen-bond acceptors (Lipinski definition) is 4. The highest BCUT2D eigenvalue weighted by atomic mass is 16.5. The first-order chi connectivity index (χ1) is 9.33. The number of nitriles is 1. The minimum absolute atomic E-state index is 0.255. The van der Waals surface area contributed by atoms with E-state index in [-0.39, 0.29) is 6.61 Å². The normalized spacial score (nSPS) is 19.3. The second-order valence-corrected chi connectivity index (χ2v) is 4.86. The molecule has 1 aliphatic heterocycles. The van der Waals surface area contributed by atoms with E-state index in [0.29, 0.717) is 18.2 Å². The molecule has 4 heteroatoms. The molecule has 0 aliphatic carbocycles. The Balaban J connectivity index is 1.70. The molecular weight excluding hydrogens is 240 g/mol. The molecule has 19 heavy (non-hydrogen) atoms. The van der Waals surface area contributed by atoms with Crippen molar-refractivity contribution in [3.8, 4) is 11.8 Å². The molecule has 1 aromatic rings. The lowest BCUT2D eigenvalue weighted by atomic mass is 10.2. The number of aliphatic hydroxyl groups is 1. The second-order valence-electron chi connectivity index (χ2n) is 4.86. The van der Waals surface area contributed by atoms with Crippen LogP contribution in [0.2, 0.25) is 0 Å². The van der Waals surface area contributed by atoms with Gasteiger partial charge in [-0.05, 0) is 44.0 Å². The predicted octanol–water partition coefficient (Wildman–Crippen LogP) is 1.78. The van der Waals surface area contributed by atoms with E-state index >= 15 is 0 Å². The molecule has 1 unspecified atom stereocenters. The van der Waals surface area contributed by atoms with Crippen molar-refractivity contribution < 1.29 is 9.84 Å². The van der Waals surface area contributed by atoms with Gasteiger partial charge in [-0.15, -0.1) is 0 Å². The number of hydrogen-bond donors (Lipinski definition) is 1. The Morgan fingerprint density at radius 1 is 1.47 bits per heavy atom. The summed E-state index contributed by atoms with van der Waals surface area (Å²) in [5.41, 5.74) is 0.623. The van der Waals surface area contributed by atoms with Crippen LogP contribution in [0.5, 0.6) is 5.75 Å². The average molecular weight is 260 g/mol. The zero-order chi connectivity index (χ0) is 13.5. The van der Waals surface area contributed by atoms with Crippen molar-refractivity contribution in [3.63, 3.8) is 0 Å². The van der Waals surface area contributed by atoms with Crippen molar-refractivity contribution in [3.05, 3.63) is 29.8 Å². The Kier molecular flexibility index (Phi) is 5.20. The summed E-state index contributed by atoms with van der Waals surface area (Å²) in [5, 5.41) is 18.0. The molecule has 4 nitrogen and oxygen atoms in total. The molecule has 1 aliphatic rings. The maximum absolute atomic E-state index is 9.23. The molecule has 102 valence electrons. The number of rotatable bonds is 6. The van der Waals surface area contributed by atoms with Gasteiger partial charge in [0, 0.05) is 12.6 Å². The highest BCUT2D eigenvalue weighted by Crippen LogP contribution is 2.17. The van der Waals surface area contributed by atoms with Gasteiger partial charge in [0.1, 0.15) is 5.75 Å². The monoisotopic (exact) mass is 260 g/mol. The fraction of sp³-hybridized carbons (Fsp3) is 0.533. The van der Waals surface area contributed by atoms with Gasteiger partial charge in [-0.25, -0.2) is 0 Å². The molecule has 1 fully saturated rings. The molecule has 0 amide bonds. The molecule has 1 aromatic carbocycles. The lowest BCUT2D eigenvalue weighted by Gasteiger charge is -2.22. The van der Waals surface area contributed by atoms with Crippen LogP contribution in [-0.4, -0.2) is 42.4 Å². The Bertz CT molecular complexity index is 442. The number of benzene rings is 1. The van der Waals surface area contributed by atoms with E-state index in [1.807, 2.05) is 12.1 Å². The number of nitrogens with zero attached hydrogens (tertiary/aromatic N) is 2. The van der Waals surface area contributed by atoms with E-state index in [2.05, 4.69) is 11.0 Å². The maximum Gasteiger partial charge on any atom is 0.120 e. The van der Waals surface area contributed by atoms with E-state index in [0.717, 1.165) is 31.7 Å². The maximum atomic E-state index is 9.23. The third-order valence-electron chi connectivity index (χ3n) is 3.53. The van der Waals surface area contributed by atoms with Crippen LogP contribution in [0.3, 0.4) is 0 Å². The molecule has 0 spiro atoms. The lowest BCUT2D eigenvalue weighted by molar-refractivity contribution is 0.150. The van der Waals surface area contributed by atoms with Crippen molar-refractivity contribution in [1.82, 2.24) is 4.90 Å². The zero-order valence-corrected chi connectivity index (χ0v) is 11.1. The number of ether oxygens (including phenoxy) is 1. The van der Waals surface area contributed by atoms with E-state index < -0.39 is 0 Å². The highest BCUT2D eigenvalue weighted by Gasteiger charge is 2.22.